The van der Waals surface area contributed by atoms with E-state index < -0.39 is 6.03 Å². The normalized spacial score (nSPS) is 13.6. The quantitative estimate of drug-likeness (QED) is 0.537. The number of ether oxygens (including phenoxy) is 1. The Morgan fingerprint density at radius 2 is 1.70 bits per heavy atom. The number of benzene rings is 3. The van der Waals surface area contributed by atoms with Crippen molar-refractivity contribution in [1.82, 2.24) is 4.90 Å². The number of methoxy groups -OCH3 is 1. The average molecular weight is 448 g/mol. The molecular weight excluding hydrogens is 423 g/mol. The minimum atomic E-state index is -0.411. The van der Waals surface area contributed by atoms with Crippen LogP contribution >= 0.6 is 0 Å². The molecule has 0 aromatic heterocycles. The molecule has 3 aromatic carbocycles. The zero-order valence-corrected chi connectivity index (χ0v) is 18.3. The molecule has 0 atom stereocenters. The third-order valence-electron chi connectivity index (χ3n) is 5.37. The highest BCUT2D eigenvalue weighted by molar-refractivity contribution is 6.00. The number of urea groups is 2. The van der Waals surface area contributed by atoms with Gasteiger partial charge in [-0.25, -0.2) is 14.0 Å². The number of anilines is 3. The van der Waals surface area contributed by atoms with Gasteiger partial charge in [-0.1, -0.05) is 30.3 Å². The summed E-state index contributed by atoms with van der Waals surface area (Å²) in [6.45, 7) is 1.32. The Morgan fingerprint density at radius 1 is 0.970 bits per heavy atom. The van der Waals surface area contributed by atoms with Crippen LogP contribution < -0.4 is 20.3 Å². The fourth-order valence-corrected chi connectivity index (χ4v) is 3.75. The zero-order valence-electron chi connectivity index (χ0n) is 18.3. The molecule has 0 aliphatic carbocycles. The molecule has 3 aromatic rings. The zero-order chi connectivity index (χ0) is 23.2. The SMILES string of the molecule is COc1cccc(NC(=O)Nc2cccc(N3CCCN(Cc4ccccc4F)C3=O)c2)c1. The number of halogens is 1. The van der Waals surface area contributed by atoms with E-state index in [9.17, 15) is 14.0 Å². The second kappa shape index (κ2) is 10.0. The molecule has 4 amide bonds. The van der Waals surface area contributed by atoms with Crippen LogP contribution in [-0.4, -0.2) is 37.2 Å². The molecule has 1 aliphatic heterocycles. The van der Waals surface area contributed by atoms with Crippen LogP contribution in [0.1, 0.15) is 12.0 Å². The molecule has 1 saturated heterocycles. The van der Waals surface area contributed by atoms with Gasteiger partial charge in [-0.3, -0.25) is 4.90 Å². The van der Waals surface area contributed by atoms with Crippen molar-refractivity contribution in [2.45, 2.75) is 13.0 Å². The van der Waals surface area contributed by atoms with E-state index in [0.717, 1.165) is 6.42 Å². The highest BCUT2D eigenvalue weighted by Crippen LogP contribution is 2.25. The van der Waals surface area contributed by atoms with Gasteiger partial charge in [-0.05, 0) is 42.8 Å². The van der Waals surface area contributed by atoms with Crippen molar-refractivity contribution in [3.8, 4) is 5.75 Å². The number of carbonyl (C=O) groups is 2. The first kappa shape index (κ1) is 22.1. The molecule has 2 N–H and O–H groups in total. The van der Waals surface area contributed by atoms with Crippen molar-refractivity contribution in [2.24, 2.45) is 0 Å². The Hall–Kier alpha value is -4.07. The van der Waals surface area contributed by atoms with Gasteiger partial charge in [-0.2, -0.15) is 0 Å². The van der Waals surface area contributed by atoms with Crippen LogP contribution in [0.4, 0.5) is 31.0 Å². The summed E-state index contributed by atoms with van der Waals surface area (Å²) in [6.07, 6.45) is 0.758. The van der Waals surface area contributed by atoms with Gasteiger partial charge >= 0.3 is 12.1 Å². The summed E-state index contributed by atoms with van der Waals surface area (Å²) in [4.78, 5) is 28.8. The lowest BCUT2D eigenvalue weighted by Crippen LogP contribution is -2.49. The molecule has 0 unspecified atom stereocenters. The summed E-state index contributed by atoms with van der Waals surface area (Å²) in [6, 6.07) is 20.0. The van der Waals surface area contributed by atoms with Gasteiger partial charge in [0.05, 0.1) is 13.7 Å². The molecule has 1 heterocycles. The van der Waals surface area contributed by atoms with E-state index in [2.05, 4.69) is 10.6 Å². The molecule has 1 aliphatic rings. The Bertz CT molecular complexity index is 1150. The van der Waals surface area contributed by atoms with Crippen LogP contribution in [0.5, 0.6) is 5.75 Å². The monoisotopic (exact) mass is 448 g/mol. The fraction of sp³-hybridized carbons (Fsp3) is 0.200. The molecule has 0 spiro atoms. The molecule has 170 valence electrons. The van der Waals surface area contributed by atoms with Crippen molar-refractivity contribution in [2.75, 3.05) is 35.7 Å². The predicted molar refractivity (Wildman–Crippen MR) is 126 cm³/mol. The van der Waals surface area contributed by atoms with Gasteiger partial charge in [0.25, 0.3) is 0 Å². The number of nitrogens with zero attached hydrogens (tertiary/aromatic N) is 2. The van der Waals surface area contributed by atoms with Gasteiger partial charge in [0.2, 0.25) is 0 Å². The van der Waals surface area contributed by atoms with E-state index in [0.29, 0.717) is 41.5 Å². The summed E-state index contributed by atoms with van der Waals surface area (Å²) >= 11 is 0. The van der Waals surface area contributed by atoms with Gasteiger partial charge in [-0.15, -0.1) is 0 Å². The first-order valence-corrected chi connectivity index (χ1v) is 10.7. The van der Waals surface area contributed by atoms with E-state index >= 15 is 0 Å². The van der Waals surface area contributed by atoms with Gasteiger partial charge in [0.15, 0.2) is 0 Å². The minimum Gasteiger partial charge on any atom is -0.497 e. The molecular formula is C25H25FN4O3. The molecule has 0 radical (unpaired) electrons. The molecule has 4 rings (SSSR count). The van der Waals surface area contributed by atoms with E-state index in [1.165, 1.54) is 6.07 Å². The summed E-state index contributed by atoms with van der Waals surface area (Å²) in [5, 5.41) is 5.55. The molecule has 0 saturated carbocycles. The number of hydrogen-bond acceptors (Lipinski definition) is 3. The Balaban J connectivity index is 1.43. The number of nitrogens with one attached hydrogen (secondary N) is 2. The summed E-state index contributed by atoms with van der Waals surface area (Å²) in [5.41, 5.74) is 2.29. The average Bonchev–Trinajstić information content (AvgIpc) is 2.82. The standard InChI is InChI=1S/C25H25FN4O3/c1-33-22-11-5-9-20(16-22)28-24(31)27-19-8-4-10-21(15-19)30-14-6-13-29(25(30)32)17-18-7-2-3-12-23(18)26/h2-5,7-12,15-16H,6,13-14,17H2,1H3,(H2,27,28,31). The van der Waals surface area contributed by atoms with Crippen LogP contribution in [0.25, 0.3) is 0 Å². The van der Waals surface area contributed by atoms with Gasteiger partial charge in [0.1, 0.15) is 11.6 Å². The molecule has 1 fully saturated rings. The van der Waals surface area contributed by atoms with E-state index in [4.69, 9.17) is 4.74 Å². The van der Waals surface area contributed by atoms with Crippen LogP contribution in [0.3, 0.4) is 0 Å². The van der Waals surface area contributed by atoms with E-state index in [1.807, 2.05) is 6.07 Å². The highest BCUT2D eigenvalue weighted by Gasteiger charge is 2.27. The number of hydrogen-bond donors (Lipinski definition) is 2. The maximum absolute atomic E-state index is 14.1. The van der Waals surface area contributed by atoms with Crippen molar-refractivity contribution < 1.29 is 18.7 Å². The van der Waals surface area contributed by atoms with Crippen LogP contribution in [0, 0.1) is 5.82 Å². The third-order valence-corrected chi connectivity index (χ3v) is 5.37. The fourth-order valence-electron chi connectivity index (χ4n) is 3.75. The third kappa shape index (κ3) is 5.41. The Labute approximate surface area is 191 Å². The van der Waals surface area contributed by atoms with E-state index in [-0.39, 0.29) is 18.4 Å². The maximum Gasteiger partial charge on any atom is 0.324 e. The first-order chi connectivity index (χ1) is 16.0. The molecule has 7 nitrogen and oxygen atoms in total. The number of amides is 4. The number of carbonyl (C=O) groups excluding carboxylic acids is 2. The lowest BCUT2D eigenvalue weighted by Gasteiger charge is -2.36. The maximum atomic E-state index is 14.1. The lowest BCUT2D eigenvalue weighted by molar-refractivity contribution is 0.192. The topological polar surface area (TPSA) is 73.9 Å². The van der Waals surface area contributed by atoms with Crippen molar-refractivity contribution in [1.29, 1.82) is 0 Å². The predicted octanol–water partition coefficient (Wildman–Crippen LogP) is 5.31. The Kier molecular flexibility index (Phi) is 6.73. The van der Waals surface area contributed by atoms with E-state index in [1.54, 1.807) is 77.6 Å². The summed E-state index contributed by atoms with van der Waals surface area (Å²) in [7, 11) is 1.56. The van der Waals surface area contributed by atoms with Gasteiger partial charge in [0, 0.05) is 41.8 Å². The van der Waals surface area contributed by atoms with Crippen LogP contribution in [0.2, 0.25) is 0 Å². The van der Waals surface area contributed by atoms with Crippen molar-refractivity contribution in [3.63, 3.8) is 0 Å². The van der Waals surface area contributed by atoms with Gasteiger partial charge < -0.3 is 20.3 Å². The first-order valence-electron chi connectivity index (χ1n) is 10.7. The van der Waals surface area contributed by atoms with Crippen molar-refractivity contribution in [3.05, 3.63) is 84.2 Å². The molecule has 0 bridgehead atoms. The van der Waals surface area contributed by atoms with Crippen LogP contribution in [-0.2, 0) is 6.54 Å². The molecule has 8 heteroatoms. The minimum absolute atomic E-state index is 0.192. The lowest BCUT2D eigenvalue weighted by atomic mass is 10.1. The smallest absolute Gasteiger partial charge is 0.324 e. The van der Waals surface area contributed by atoms with Crippen LogP contribution in [0.15, 0.2) is 72.8 Å². The summed E-state index contributed by atoms with van der Waals surface area (Å²) in [5.74, 6) is 0.314. The molecule has 33 heavy (non-hydrogen) atoms. The van der Waals surface area contributed by atoms with Crippen molar-refractivity contribution >= 4 is 29.1 Å². The second-order valence-electron chi connectivity index (χ2n) is 7.66. The largest absolute Gasteiger partial charge is 0.497 e. The highest BCUT2D eigenvalue weighted by atomic mass is 19.1. The summed E-state index contributed by atoms with van der Waals surface area (Å²) < 4.78 is 19.2. The Morgan fingerprint density at radius 3 is 2.45 bits per heavy atom. The second-order valence-corrected chi connectivity index (χ2v) is 7.66. The number of rotatable bonds is 6.